The van der Waals surface area contributed by atoms with Gasteiger partial charge in [-0.1, -0.05) is 0 Å². The third kappa shape index (κ3) is 4.69. The number of rotatable bonds is 4. The van der Waals surface area contributed by atoms with Gasteiger partial charge in [-0.05, 0) is 0 Å². The first-order valence-corrected chi connectivity index (χ1v) is 18.2. The predicted octanol–water partition coefficient (Wildman–Crippen LogP) is 11.4. The Morgan fingerprint density at radius 1 is 0.327 bits per heavy atom. The summed E-state index contributed by atoms with van der Waals surface area (Å²) in [5.41, 5.74) is 5.39. The van der Waals surface area contributed by atoms with Crippen molar-refractivity contribution in [2.24, 2.45) is 0 Å². The Hall–Kier alpha value is -5.93. The molecule has 0 spiro atoms. The average Bonchev–Trinajstić information content (AvgIpc) is 3.57. The van der Waals surface area contributed by atoms with Crippen LogP contribution in [0.2, 0.25) is 0 Å². The molecule has 49 heavy (non-hydrogen) atoms. The molecule has 4 heteroatoms. The standard InChI is InChI=1S/C45H27N3Se/c1-3-13-30(14-4-1)43-46-44(31-15-5-2-6-16-31)48-45(47-43)33-26-32-17-8-9-18-34(32)39(27-33)37-21-11-20-36-38-25-24-29-23-22-28-12-7-10-19-35(28)40(29)42(38)49-41(36)37/h1-27H. The van der Waals surface area contributed by atoms with E-state index in [2.05, 4.69) is 127 Å². The molecular formula is C45H27N3Se. The van der Waals surface area contributed by atoms with Crippen LogP contribution in [0, 0.1) is 0 Å². The van der Waals surface area contributed by atoms with Crippen LogP contribution in [-0.4, -0.2) is 29.5 Å². The number of hydrogen-bond donors (Lipinski definition) is 0. The van der Waals surface area contributed by atoms with E-state index in [4.69, 9.17) is 15.0 Å². The first-order valence-electron chi connectivity index (χ1n) is 16.4. The van der Waals surface area contributed by atoms with Gasteiger partial charge < -0.3 is 0 Å². The van der Waals surface area contributed by atoms with Gasteiger partial charge >= 0.3 is 290 Å². The van der Waals surface area contributed by atoms with Crippen molar-refractivity contribution in [3.8, 4) is 45.3 Å². The molecule has 0 radical (unpaired) electrons. The molecule has 0 unspecified atom stereocenters. The van der Waals surface area contributed by atoms with Gasteiger partial charge in [0.1, 0.15) is 0 Å². The molecule has 0 bridgehead atoms. The van der Waals surface area contributed by atoms with E-state index in [1.807, 2.05) is 36.4 Å². The van der Waals surface area contributed by atoms with E-state index < -0.39 is 0 Å². The first-order chi connectivity index (χ1) is 24.3. The van der Waals surface area contributed by atoms with Crippen molar-refractivity contribution in [1.82, 2.24) is 15.0 Å². The van der Waals surface area contributed by atoms with Gasteiger partial charge in [-0.2, -0.15) is 0 Å². The molecule has 2 heterocycles. The molecule has 8 aromatic carbocycles. The van der Waals surface area contributed by atoms with E-state index in [0.29, 0.717) is 17.5 Å². The normalized spacial score (nSPS) is 11.7. The zero-order valence-corrected chi connectivity index (χ0v) is 28.1. The molecule has 2 aromatic heterocycles. The summed E-state index contributed by atoms with van der Waals surface area (Å²) in [5, 5.41) is 10.4. The van der Waals surface area contributed by atoms with Crippen LogP contribution in [0.4, 0.5) is 0 Å². The van der Waals surface area contributed by atoms with Crippen LogP contribution in [0.5, 0.6) is 0 Å². The SMILES string of the molecule is c1ccc(-c2nc(-c3ccccc3)nc(-c3cc(-c4cccc5c4[se]c4c5ccc5ccc6ccccc6c54)c4ccccc4c3)n2)cc1. The molecule has 0 fully saturated rings. The van der Waals surface area contributed by atoms with Gasteiger partial charge in [0.2, 0.25) is 0 Å². The summed E-state index contributed by atoms with van der Waals surface area (Å²) in [6, 6.07) is 58.3. The second-order valence-electron chi connectivity index (χ2n) is 12.4. The van der Waals surface area contributed by atoms with E-state index in [-0.39, 0.29) is 14.5 Å². The van der Waals surface area contributed by atoms with E-state index in [1.54, 1.807) is 0 Å². The summed E-state index contributed by atoms with van der Waals surface area (Å²) in [6.07, 6.45) is 0. The summed E-state index contributed by atoms with van der Waals surface area (Å²) in [6.45, 7) is 0. The molecular weight excluding hydrogens is 661 g/mol. The van der Waals surface area contributed by atoms with Crippen LogP contribution in [0.25, 0.3) is 96.9 Å². The molecule has 0 aliphatic rings. The number of fused-ring (bicyclic) bond motifs is 8. The van der Waals surface area contributed by atoms with Crippen molar-refractivity contribution in [2.75, 3.05) is 0 Å². The van der Waals surface area contributed by atoms with E-state index in [9.17, 15) is 0 Å². The van der Waals surface area contributed by atoms with Crippen LogP contribution in [0.3, 0.4) is 0 Å². The van der Waals surface area contributed by atoms with Crippen LogP contribution in [0.15, 0.2) is 164 Å². The fraction of sp³-hybridized carbons (Fsp3) is 0. The Morgan fingerprint density at radius 3 is 1.61 bits per heavy atom. The summed E-state index contributed by atoms with van der Waals surface area (Å²) in [4.78, 5) is 15.1. The van der Waals surface area contributed by atoms with Gasteiger partial charge in [0.05, 0.1) is 0 Å². The van der Waals surface area contributed by atoms with Gasteiger partial charge in [-0.15, -0.1) is 0 Å². The molecule has 10 rings (SSSR count). The quantitative estimate of drug-likeness (QED) is 0.136. The molecule has 0 atom stereocenters. The van der Waals surface area contributed by atoms with Crippen LogP contribution >= 0.6 is 0 Å². The first kappa shape index (κ1) is 28.1. The Bertz CT molecular complexity index is 2820. The topological polar surface area (TPSA) is 38.7 Å². The predicted molar refractivity (Wildman–Crippen MR) is 206 cm³/mol. The Labute approximate surface area is 288 Å². The Morgan fingerprint density at radius 2 is 0.878 bits per heavy atom. The summed E-state index contributed by atoms with van der Waals surface area (Å²) in [5.74, 6) is 1.99. The molecule has 3 nitrogen and oxygen atoms in total. The second kappa shape index (κ2) is 11.3. The monoisotopic (exact) mass is 689 g/mol. The van der Waals surface area contributed by atoms with Crippen LogP contribution in [0.1, 0.15) is 0 Å². The molecule has 10 aromatic rings. The van der Waals surface area contributed by atoms with Gasteiger partial charge in [-0.3, -0.25) is 0 Å². The molecule has 0 aliphatic carbocycles. The van der Waals surface area contributed by atoms with Gasteiger partial charge in [-0.25, -0.2) is 0 Å². The van der Waals surface area contributed by atoms with Crippen LogP contribution < -0.4 is 0 Å². The summed E-state index contributed by atoms with van der Waals surface area (Å²) >= 11 is 0.121. The Kier molecular flexibility index (Phi) is 6.51. The van der Waals surface area contributed by atoms with Crippen molar-refractivity contribution in [3.63, 3.8) is 0 Å². The number of hydrogen-bond acceptors (Lipinski definition) is 3. The summed E-state index contributed by atoms with van der Waals surface area (Å²) in [7, 11) is 0. The minimum absolute atomic E-state index is 0.121. The van der Waals surface area contributed by atoms with E-state index in [1.165, 1.54) is 57.4 Å². The van der Waals surface area contributed by atoms with Crippen molar-refractivity contribution < 1.29 is 0 Å². The van der Waals surface area contributed by atoms with Crippen molar-refractivity contribution in [1.29, 1.82) is 0 Å². The second-order valence-corrected chi connectivity index (χ2v) is 14.5. The molecule has 0 N–H and O–H groups in total. The van der Waals surface area contributed by atoms with Gasteiger partial charge in [0, 0.05) is 0 Å². The molecule has 0 amide bonds. The zero-order valence-electron chi connectivity index (χ0n) is 26.3. The van der Waals surface area contributed by atoms with Crippen molar-refractivity contribution >= 4 is 66.1 Å². The molecule has 0 aliphatic heterocycles. The fourth-order valence-corrected chi connectivity index (χ4v) is 10.1. The zero-order chi connectivity index (χ0) is 32.3. The Balaban J connectivity index is 1.24. The maximum atomic E-state index is 5.09. The van der Waals surface area contributed by atoms with Crippen molar-refractivity contribution in [2.45, 2.75) is 0 Å². The third-order valence-corrected chi connectivity index (χ3v) is 12.2. The van der Waals surface area contributed by atoms with E-state index in [0.717, 1.165) is 22.1 Å². The molecule has 0 saturated carbocycles. The summed E-state index contributed by atoms with van der Waals surface area (Å²) < 4.78 is 2.90. The number of nitrogens with zero attached hydrogens (tertiary/aromatic N) is 3. The number of aromatic nitrogens is 3. The number of benzene rings is 8. The third-order valence-electron chi connectivity index (χ3n) is 9.48. The van der Waals surface area contributed by atoms with Crippen LogP contribution in [-0.2, 0) is 0 Å². The van der Waals surface area contributed by atoms with E-state index >= 15 is 0 Å². The van der Waals surface area contributed by atoms with Gasteiger partial charge in [0.25, 0.3) is 0 Å². The molecule has 228 valence electrons. The van der Waals surface area contributed by atoms with Crippen molar-refractivity contribution in [3.05, 3.63) is 164 Å². The molecule has 0 saturated heterocycles. The average molecular weight is 689 g/mol. The fourth-order valence-electron chi connectivity index (χ4n) is 7.16. The minimum atomic E-state index is 0.121. The maximum absolute atomic E-state index is 5.09. The van der Waals surface area contributed by atoms with Gasteiger partial charge in [0.15, 0.2) is 0 Å².